The average molecular weight is 283 g/mol. The summed E-state index contributed by atoms with van der Waals surface area (Å²) < 4.78 is 0. The summed E-state index contributed by atoms with van der Waals surface area (Å²) in [6.45, 7) is 3.15. The Labute approximate surface area is 118 Å². The number of carbonyl (C=O) groups is 1. The van der Waals surface area contributed by atoms with Crippen LogP contribution in [0.4, 0.5) is 5.82 Å². The summed E-state index contributed by atoms with van der Waals surface area (Å²) in [7, 11) is 2.10. The molecule has 0 bridgehead atoms. The van der Waals surface area contributed by atoms with Crippen molar-refractivity contribution in [3.8, 4) is 0 Å². The van der Waals surface area contributed by atoms with Crippen LogP contribution in [-0.4, -0.2) is 41.5 Å². The zero-order chi connectivity index (χ0) is 14.0. The standard InChI is InChI=1S/C13H19ClN4O/c1-8-5-9(3-4-18(8)2)17-13(19)10-6-12(15)16-7-11(10)14/h6-9H,3-5H2,1-2H3,(H2,15,16)(H,17,19). The highest BCUT2D eigenvalue weighted by Gasteiger charge is 2.24. The molecule has 1 amide bonds. The minimum Gasteiger partial charge on any atom is -0.384 e. The third-order valence-electron chi connectivity index (χ3n) is 3.66. The molecule has 0 aliphatic carbocycles. The molecule has 2 heterocycles. The van der Waals surface area contributed by atoms with Crippen LogP contribution in [-0.2, 0) is 0 Å². The number of nitrogens with zero attached hydrogens (tertiary/aromatic N) is 2. The molecule has 19 heavy (non-hydrogen) atoms. The smallest absolute Gasteiger partial charge is 0.253 e. The van der Waals surface area contributed by atoms with E-state index in [0.29, 0.717) is 22.4 Å². The Kier molecular flexibility index (Phi) is 4.27. The highest BCUT2D eigenvalue weighted by molar-refractivity contribution is 6.33. The van der Waals surface area contributed by atoms with Gasteiger partial charge in [0.25, 0.3) is 5.91 Å². The molecule has 1 aliphatic heterocycles. The Morgan fingerprint density at radius 2 is 2.37 bits per heavy atom. The van der Waals surface area contributed by atoms with Crippen molar-refractivity contribution in [1.29, 1.82) is 0 Å². The first-order valence-corrected chi connectivity index (χ1v) is 6.77. The Morgan fingerprint density at radius 1 is 1.63 bits per heavy atom. The molecular formula is C13H19ClN4O. The summed E-state index contributed by atoms with van der Waals surface area (Å²) >= 11 is 5.97. The van der Waals surface area contributed by atoms with Crippen LogP contribution in [0.2, 0.25) is 5.02 Å². The SMILES string of the molecule is CC1CC(NC(=O)c2cc(N)ncc2Cl)CCN1C. The molecule has 2 atom stereocenters. The number of nitrogens with two attached hydrogens (primary N) is 1. The lowest BCUT2D eigenvalue weighted by atomic mass is 9.98. The molecule has 1 fully saturated rings. The fourth-order valence-electron chi connectivity index (χ4n) is 2.31. The molecule has 3 N–H and O–H groups in total. The molecule has 0 aromatic carbocycles. The van der Waals surface area contributed by atoms with Crippen molar-refractivity contribution in [3.05, 3.63) is 22.8 Å². The van der Waals surface area contributed by atoms with Gasteiger partial charge in [0, 0.05) is 24.8 Å². The fourth-order valence-corrected chi connectivity index (χ4v) is 2.50. The van der Waals surface area contributed by atoms with Crippen molar-refractivity contribution in [3.63, 3.8) is 0 Å². The number of carbonyl (C=O) groups excluding carboxylic acids is 1. The average Bonchev–Trinajstić information content (AvgIpc) is 2.36. The highest BCUT2D eigenvalue weighted by atomic mass is 35.5. The van der Waals surface area contributed by atoms with E-state index in [1.165, 1.54) is 12.3 Å². The van der Waals surface area contributed by atoms with Gasteiger partial charge in [-0.05, 0) is 32.9 Å². The monoisotopic (exact) mass is 282 g/mol. The van der Waals surface area contributed by atoms with E-state index in [9.17, 15) is 4.79 Å². The van der Waals surface area contributed by atoms with Gasteiger partial charge in [-0.3, -0.25) is 4.79 Å². The van der Waals surface area contributed by atoms with Gasteiger partial charge < -0.3 is 16.0 Å². The van der Waals surface area contributed by atoms with Crippen LogP contribution in [0.5, 0.6) is 0 Å². The Morgan fingerprint density at radius 3 is 3.05 bits per heavy atom. The van der Waals surface area contributed by atoms with Gasteiger partial charge in [-0.15, -0.1) is 0 Å². The maximum Gasteiger partial charge on any atom is 0.253 e. The summed E-state index contributed by atoms with van der Waals surface area (Å²) in [6.07, 6.45) is 3.30. The molecule has 104 valence electrons. The molecule has 6 heteroatoms. The molecule has 0 radical (unpaired) electrons. The number of nitrogen functional groups attached to an aromatic ring is 1. The van der Waals surface area contributed by atoms with E-state index in [1.807, 2.05) is 0 Å². The summed E-state index contributed by atoms with van der Waals surface area (Å²) in [4.78, 5) is 18.3. The van der Waals surface area contributed by atoms with Gasteiger partial charge in [-0.2, -0.15) is 0 Å². The van der Waals surface area contributed by atoms with Crippen LogP contribution in [0.1, 0.15) is 30.1 Å². The third kappa shape index (κ3) is 3.36. The van der Waals surface area contributed by atoms with Crippen LogP contribution >= 0.6 is 11.6 Å². The first kappa shape index (κ1) is 14.1. The van der Waals surface area contributed by atoms with E-state index < -0.39 is 0 Å². The molecule has 5 nitrogen and oxygen atoms in total. The number of nitrogens with one attached hydrogen (secondary N) is 1. The van der Waals surface area contributed by atoms with Crippen LogP contribution in [0.3, 0.4) is 0 Å². The van der Waals surface area contributed by atoms with Gasteiger partial charge >= 0.3 is 0 Å². The molecule has 0 spiro atoms. The predicted molar refractivity (Wildman–Crippen MR) is 76.2 cm³/mol. The van der Waals surface area contributed by atoms with Crippen LogP contribution < -0.4 is 11.1 Å². The van der Waals surface area contributed by atoms with Crippen molar-refractivity contribution in [2.24, 2.45) is 0 Å². The zero-order valence-corrected chi connectivity index (χ0v) is 11.9. The minimum absolute atomic E-state index is 0.180. The predicted octanol–water partition coefficient (Wildman–Crippen LogP) is 1.53. The number of anilines is 1. The minimum atomic E-state index is -0.180. The van der Waals surface area contributed by atoms with Gasteiger partial charge in [-0.1, -0.05) is 11.6 Å². The van der Waals surface area contributed by atoms with Crippen molar-refractivity contribution in [1.82, 2.24) is 15.2 Å². The second kappa shape index (κ2) is 5.75. The molecule has 1 aliphatic rings. The molecule has 1 saturated heterocycles. The number of pyridine rings is 1. The van der Waals surface area contributed by atoms with Crippen molar-refractivity contribution in [2.75, 3.05) is 19.3 Å². The van der Waals surface area contributed by atoms with E-state index in [2.05, 4.69) is 29.2 Å². The van der Waals surface area contributed by atoms with Gasteiger partial charge in [0.1, 0.15) is 5.82 Å². The third-order valence-corrected chi connectivity index (χ3v) is 3.97. The second-order valence-corrected chi connectivity index (χ2v) is 5.52. The van der Waals surface area contributed by atoms with E-state index in [0.717, 1.165) is 19.4 Å². The van der Waals surface area contributed by atoms with Crippen LogP contribution in [0, 0.1) is 0 Å². The first-order chi connectivity index (χ1) is 8.97. The lowest BCUT2D eigenvalue weighted by Crippen LogP contribution is -2.47. The molecular weight excluding hydrogens is 264 g/mol. The van der Waals surface area contributed by atoms with E-state index >= 15 is 0 Å². The zero-order valence-electron chi connectivity index (χ0n) is 11.2. The molecule has 0 saturated carbocycles. The molecule has 2 unspecified atom stereocenters. The van der Waals surface area contributed by atoms with Gasteiger partial charge in [0.2, 0.25) is 0 Å². The van der Waals surface area contributed by atoms with Gasteiger partial charge in [0.05, 0.1) is 10.6 Å². The van der Waals surface area contributed by atoms with Crippen molar-refractivity contribution in [2.45, 2.75) is 31.8 Å². The topological polar surface area (TPSA) is 71.2 Å². The van der Waals surface area contributed by atoms with E-state index in [-0.39, 0.29) is 11.9 Å². The quantitative estimate of drug-likeness (QED) is 0.863. The number of aromatic nitrogens is 1. The van der Waals surface area contributed by atoms with Crippen molar-refractivity contribution >= 4 is 23.3 Å². The van der Waals surface area contributed by atoms with Crippen LogP contribution in [0.25, 0.3) is 0 Å². The van der Waals surface area contributed by atoms with Gasteiger partial charge in [-0.25, -0.2) is 4.98 Å². The maximum absolute atomic E-state index is 12.2. The summed E-state index contributed by atoms with van der Waals surface area (Å²) in [5.74, 6) is 0.118. The Bertz CT molecular complexity index is 480. The second-order valence-electron chi connectivity index (χ2n) is 5.11. The first-order valence-electron chi connectivity index (χ1n) is 6.39. The Balaban J connectivity index is 2.03. The van der Waals surface area contributed by atoms with Crippen molar-refractivity contribution < 1.29 is 4.79 Å². The number of hydrogen-bond acceptors (Lipinski definition) is 4. The Hall–Kier alpha value is -1.33. The lowest BCUT2D eigenvalue weighted by molar-refractivity contribution is 0.0896. The largest absolute Gasteiger partial charge is 0.384 e. The highest BCUT2D eigenvalue weighted by Crippen LogP contribution is 2.19. The number of amides is 1. The normalized spacial score (nSPS) is 24.2. The summed E-state index contributed by atoms with van der Waals surface area (Å²) in [5.41, 5.74) is 5.97. The summed E-state index contributed by atoms with van der Waals surface area (Å²) in [6, 6.07) is 2.16. The number of hydrogen-bond donors (Lipinski definition) is 2. The number of likely N-dealkylation sites (tertiary alicyclic amines) is 1. The number of piperidine rings is 1. The van der Waals surface area contributed by atoms with Crippen LogP contribution in [0.15, 0.2) is 12.3 Å². The number of halogens is 1. The maximum atomic E-state index is 12.2. The summed E-state index contributed by atoms with van der Waals surface area (Å²) in [5, 5.41) is 3.35. The van der Waals surface area contributed by atoms with Gasteiger partial charge in [0.15, 0.2) is 0 Å². The molecule has 2 rings (SSSR count). The van der Waals surface area contributed by atoms with E-state index in [4.69, 9.17) is 17.3 Å². The number of rotatable bonds is 2. The fraction of sp³-hybridized carbons (Fsp3) is 0.538. The molecule has 1 aromatic heterocycles. The van der Waals surface area contributed by atoms with E-state index in [1.54, 1.807) is 0 Å². The molecule has 1 aromatic rings. The lowest BCUT2D eigenvalue weighted by Gasteiger charge is -2.35.